The summed E-state index contributed by atoms with van der Waals surface area (Å²) in [5.74, 6) is 2.46. The third kappa shape index (κ3) is 7.13. The molecule has 7 heteroatoms. The number of carbonyl (C=O) groups excluding carboxylic acids is 2. The van der Waals surface area contributed by atoms with Crippen molar-refractivity contribution < 1.29 is 23.8 Å². The summed E-state index contributed by atoms with van der Waals surface area (Å²) >= 11 is 0. The molecule has 0 heterocycles. The molecule has 34 heavy (non-hydrogen) atoms. The van der Waals surface area contributed by atoms with Crippen molar-refractivity contribution in [3.8, 4) is 23.0 Å². The summed E-state index contributed by atoms with van der Waals surface area (Å²) in [4.78, 5) is 22.2. The third-order valence-corrected chi connectivity index (χ3v) is 5.15. The quantitative estimate of drug-likeness (QED) is 0.449. The second kappa shape index (κ2) is 11.6. The number of allylic oxidation sites excluding steroid dienone is 1. The van der Waals surface area contributed by atoms with Crippen LogP contribution >= 0.6 is 0 Å². The Kier molecular flexibility index (Phi) is 8.29. The first-order chi connectivity index (χ1) is 16.4. The van der Waals surface area contributed by atoms with Gasteiger partial charge in [0.1, 0.15) is 23.0 Å². The van der Waals surface area contributed by atoms with Crippen molar-refractivity contribution in [1.29, 1.82) is 0 Å². The van der Waals surface area contributed by atoms with Crippen LogP contribution in [0.2, 0.25) is 0 Å². The second-order valence-electron chi connectivity index (χ2n) is 7.68. The maximum Gasteiger partial charge on any atom is 0.318 e. The molecule has 3 rings (SSSR count). The van der Waals surface area contributed by atoms with E-state index in [1.807, 2.05) is 66.7 Å². The van der Waals surface area contributed by atoms with Gasteiger partial charge in [-0.1, -0.05) is 30.8 Å². The highest BCUT2D eigenvalue weighted by molar-refractivity contribution is 5.93. The van der Waals surface area contributed by atoms with Crippen LogP contribution in [0.15, 0.2) is 73.3 Å². The van der Waals surface area contributed by atoms with Gasteiger partial charge in [0.25, 0.3) is 0 Å². The van der Waals surface area contributed by atoms with Crippen molar-refractivity contribution in [3.05, 3.63) is 90.0 Å². The summed E-state index contributed by atoms with van der Waals surface area (Å²) in [5.41, 5.74) is 8.91. The van der Waals surface area contributed by atoms with Gasteiger partial charge in [-0.25, -0.2) is 4.79 Å². The number of methoxy groups -OCH3 is 2. The summed E-state index contributed by atoms with van der Waals surface area (Å²) in [7, 11) is 3.26. The molecular weight excluding hydrogens is 432 g/mol. The van der Waals surface area contributed by atoms with Crippen LogP contribution in [0, 0.1) is 0 Å². The van der Waals surface area contributed by atoms with E-state index in [2.05, 4.69) is 11.9 Å². The lowest BCUT2D eigenvalue weighted by atomic mass is 9.99. The predicted octanol–water partition coefficient (Wildman–Crippen LogP) is 4.88. The first kappa shape index (κ1) is 24.4. The minimum atomic E-state index is -0.844. The zero-order valence-corrected chi connectivity index (χ0v) is 19.3. The lowest BCUT2D eigenvalue weighted by Gasteiger charge is -2.11. The standard InChI is InChI=1S/C27H28N2O5/c1-18(14-20-15-24(32-2)17-25(16-20)33-3)21-7-11-23(12-8-21)34-22-9-4-19(5-10-22)6-13-26(30)29-27(28)31/h4-5,7-12,15-17H,1,6,13-14H2,2-3H3,(H3,28,29,30,31). The van der Waals surface area contributed by atoms with Gasteiger partial charge in [-0.05, 0) is 71.5 Å². The number of nitrogens with two attached hydrogens (primary N) is 1. The fraction of sp³-hybridized carbons (Fsp3) is 0.185. The molecule has 7 nitrogen and oxygen atoms in total. The number of hydrogen-bond donors (Lipinski definition) is 2. The number of nitrogens with one attached hydrogen (secondary N) is 1. The highest BCUT2D eigenvalue weighted by Gasteiger charge is 2.07. The van der Waals surface area contributed by atoms with E-state index in [1.165, 1.54) is 0 Å². The summed E-state index contributed by atoms with van der Waals surface area (Å²) in [6.07, 6.45) is 1.33. The molecule has 0 saturated heterocycles. The number of carbonyl (C=O) groups is 2. The molecule has 0 unspecified atom stereocenters. The minimum absolute atomic E-state index is 0.178. The van der Waals surface area contributed by atoms with Crippen LogP contribution in [0.5, 0.6) is 23.0 Å². The number of urea groups is 1. The minimum Gasteiger partial charge on any atom is -0.497 e. The van der Waals surface area contributed by atoms with E-state index in [4.69, 9.17) is 19.9 Å². The number of hydrogen-bond acceptors (Lipinski definition) is 5. The van der Waals surface area contributed by atoms with Crippen molar-refractivity contribution in [3.63, 3.8) is 0 Å². The van der Waals surface area contributed by atoms with Crippen LogP contribution in [0.3, 0.4) is 0 Å². The van der Waals surface area contributed by atoms with Crippen LogP contribution in [0.25, 0.3) is 5.57 Å². The monoisotopic (exact) mass is 460 g/mol. The van der Waals surface area contributed by atoms with Gasteiger partial charge < -0.3 is 19.9 Å². The molecule has 176 valence electrons. The lowest BCUT2D eigenvalue weighted by Crippen LogP contribution is -2.35. The summed E-state index contributed by atoms with van der Waals surface area (Å²) < 4.78 is 16.6. The Bertz CT molecular complexity index is 1130. The van der Waals surface area contributed by atoms with Crippen molar-refractivity contribution in [2.75, 3.05) is 14.2 Å². The maximum absolute atomic E-state index is 11.5. The van der Waals surface area contributed by atoms with Crippen LogP contribution in [0.1, 0.15) is 23.1 Å². The average molecular weight is 461 g/mol. The van der Waals surface area contributed by atoms with E-state index in [9.17, 15) is 9.59 Å². The van der Waals surface area contributed by atoms with Gasteiger partial charge >= 0.3 is 6.03 Å². The van der Waals surface area contributed by atoms with E-state index in [1.54, 1.807) is 14.2 Å². The van der Waals surface area contributed by atoms with Gasteiger partial charge in [-0.3, -0.25) is 10.1 Å². The first-order valence-corrected chi connectivity index (χ1v) is 10.7. The van der Waals surface area contributed by atoms with E-state index < -0.39 is 11.9 Å². The van der Waals surface area contributed by atoms with Crippen LogP contribution in [-0.2, 0) is 17.6 Å². The number of amides is 3. The van der Waals surface area contributed by atoms with Gasteiger partial charge in [0.15, 0.2) is 0 Å². The highest BCUT2D eigenvalue weighted by Crippen LogP contribution is 2.28. The zero-order chi connectivity index (χ0) is 24.5. The molecule has 0 fully saturated rings. The molecule has 3 aromatic carbocycles. The van der Waals surface area contributed by atoms with Gasteiger partial charge in [-0.15, -0.1) is 0 Å². The Morgan fingerprint density at radius 1 is 0.824 bits per heavy atom. The predicted molar refractivity (Wildman–Crippen MR) is 131 cm³/mol. The van der Waals surface area contributed by atoms with Crippen LogP contribution in [-0.4, -0.2) is 26.2 Å². The third-order valence-electron chi connectivity index (χ3n) is 5.15. The van der Waals surface area contributed by atoms with Gasteiger partial charge in [-0.2, -0.15) is 0 Å². The molecule has 0 aliphatic heterocycles. The highest BCUT2D eigenvalue weighted by atomic mass is 16.5. The van der Waals surface area contributed by atoms with Gasteiger partial charge in [0.05, 0.1) is 14.2 Å². The van der Waals surface area contributed by atoms with E-state index in [0.29, 0.717) is 24.3 Å². The molecule has 3 amide bonds. The number of imide groups is 1. The Hall–Kier alpha value is -4.26. The molecule has 0 aromatic heterocycles. The number of aryl methyl sites for hydroxylation is 1. The lowest BCUT2D eigenvalue weighted by molar-refractivity contribution is -0.119. The molecule has 0 spiro atoms. The molecule has 3 aromatic rings. The summed E-state index contributed by atoms with van der Waals surface area (Å²) in [6.45, 7) is 4.22. The maximum atomic E-state index is 11.5. The Labute approximate surface area is 199 Å². The van der Waals surface area contributed by atoms with Gasteiger partial charge in [0.2, 0.25) is 5.91 Å². The van der Waals surface area contributed by atoms with Crippen molar-refractivity contribution in [2.45, 2.75) is 19.3 Å². The Morgan fingerprint density at radius 3 is 1.91 bits per heavy atom. The van der Waals surface area contributed by atoms with Crippen molar-refractivity contribution in [1.82, 2.24) is 5.32 Å². The number of primary amides is 1. The summed E-state index contributed by atoms with van der Waals surface area (Å²) in [5, 5.41) is 2.05. The molecule has 3 N–H and O–H groups in total. The zero-order valence-electron chi connectivity index (χ0n) is 19.3. The molecule has 0 saturated carbocycles. The summed E-state index contributed by atoms with van der Waals surface area (Å²) in [6, 6.07) is 20.1. The molecule has 0 atom stereocenters. The Morgan fingerprint density at radius 2 is 1.38 bits per heavy atom. The second-order valence-corrected chi connectivity index (χ2v) is 7.68. The largest absolute Gasteiger partial charge is 0.497 e. The number of rotatable bonds is 10. The molecule has 0 radical (unpaired) electrons. The molecular formula is C27H28N2O5. The topological polar surface area (TPSA) is 99.9 Å². The first-order valence-electron chi connectivity index (χ1n) is 10.7. The van der Waals surface area contributed by atoms with E-state index >= 15 is 0 Å². The molecule has 0 aliphatic rings. The normalized spacial score (nSPS) is 10.3. The SMILES string of the molecule is C=C(Cc1cc(OC)cc(OC)c1)c1ccc(Oc2ccc(CCC(=O)NC(N)=O)cc2)cc1. The van der Waals surface area contributed by atoms with Crippen molar-refractivity contribution in [2.24, 2.45) is 5.73 Å². The molecule has 0 bridgehead atoms. The smallest absolute Gasteiger partial charge is 0.318 e. The average Bonchev–Trinajstić information content (AvgIpc) is 2.83. The van der Waals surface area contributed by atoms with E-state index in [0.717, 1.165) is 33.8 Å². The Balaban J connectivity index is 1.57. The number of benzene rings is 3. The van der Waals surface area contributed by atoms with Crippen LogP contribution in [0.4, 0.5) is 4.79 Å². The van der Waals surface area contributed by atoms with E-state index in [-0.39, 0.29) is 6.42 Å². The van der Waals surface area contributed by atoms with Gasteiger partial charge in [0, 0.05) is 12.5 Å². The van der Waals surface area contributed by atoms with Crippen molar-refractivity contribution >= 4 is 17.5 Å². The number of ether oxygens (including phenoxy) is 3. The van der Waals surface area contributed by atoms with Crippen LogP contribution < -0.4 is 25.3 Å². The molecule has 0 aliphatic carbocycles. The fourth-order valence-corrected chi connectivity index (χ4v) is 3.39. The fourth-order valence-electron chi connectivity index (χ4n) is 3.39.